The summed E-state index contributed by atoms with van der Waals surface area (Å²) in [5, 5.41) is 9.87. The molecule has 0 aliphatic rings. The van der Waals surface area contributed by atoms with Gasteiger partial charge in [-0.1, -0.05) is 191 Å². The molecule has 0 amide bonds. The summed E-state index contributed by atoms with van der Waals surface area (Å²) in [5.74, 6) is -0.136. The Morgan fingerprint density at radius 3 is 1.67 bits per heavy atom. The third-order valence-corrected chi connectivity index (χ3v) is 9.87. The van der Waals surface area contributed by atoms with Crippen LogP contribution in [0, 0.1) is 5.92 Å². The third kappa shape index (κ3) is 42.9. The maximum absolute atomic E-state index is 12.4. The number of phosphoric acid groups is 1. The first-order valence-electron chi connectivity index (χ1n) is 21.9. The molecule has 0 saturated carbocycles. The molecule has 0 aromatic carbocycles. The maximum Gasteiger partial charge on any atom is 0.469 e. The molecule has 0 aromatic rings. The first-order valence-corrected chi connectivity index (χ1v) is 23.4. The second-order valence-electron chi connectivity index (χ2n) is 15.4. The average Bonchev–Trinajstić information content (AvgIpc) is 3.13. The van der Waals surface area contributed by atoms with Gasteiger partial charge in [-0.3, -0.25) is 14.1 Å². The lowest BCUT2D eigenvalue weighted by atomic mass is 10.0. The summed E-state index contributed by atoms with van der Waals surface area (Å²) in [6.45, 7) is 5.87. The van der Waals surface area contributed by atoms with E-state index >= 15 is 0 Å². The van der Waals surface area contributed by atoms with E-state index < -0.39 is 32.5 Å². The van der Waals surface area contributed by atoms with Crippen LogP contribution in [0.2, 0.25) is 0 Å². The zero-order valence-corrected chi connectivity index (χ0v) is 36.0. The molecule has 0 unspecified atom stereocenters. The fraction of sp³-hybridized carbons (Fsp3) is 0.778. The Morgan fingerprint density at radius 2 is 1.11 bits per heavy atom. The molecule has 0 saturated heterocycles. The smallest absolute Gasteiger partial charge is 0.462 e. The first kappa shape index (κ1) is 53.0. The summed E-state index contributed by atoms with van der Waals surface area (Å²) in [6.07, 6.45) is 43.1. The highest BCUT2D eigenvalue weighted by Gasteiger charge is 2.22. The molecular formula is C45H81O9P. The van der Waals surface area contributed by atoms with Crippen LogP contribution >= 0.6 is 7.82 Å². The number of phosphoric ester groups is 1. The molecule has 0 aromatic heterocycles. The molecule has 0 spiro atoms. The van der Waals surface area contributed by atoms with E-state index in [2.05, 4.69) is 37.4 Å². The zero-order valence-electron chi connectivity index (χ0n) is 35.1. The average molecular weight is 797 g/mol. The molecule has 0 aliphatic carbocycles. The summed E-state index contributed by atoms with van der Waals surface area (Å²) >= 11 is 0. The summed E-state index contributed by atoms with van der Waals surface area (Å²) in [5.41, 5.74) is 0. The van der Waals surface area contributed by atoms with Crippen molar-refractivity contribution in [2.45, 2.75) is 206 Å². The van der Waals surface area contributed by atoms with Gasteiger partial charge in [-0.25, -0.2) is 4.57 Å². The third-order valence-electron chi connectivity index (χ3n) is 9.38. The summed E-state index contributed by atoms with van der Waals surface area (Å²) in [6, 6.07) is 0. The second kappa shape index (κ2) is 38.8. The van der Waals surface area contributed by atoms with Crippen LogP contribution in [-0.4, -0.2) is 52.3 Å². The number of carbonyl (C=O) groups excluding carboxylic acids is 2. The standard InChI is InChI=1S/C45H81O9P/c1-4-5-29-35-42(46)36-31-26-22-18-14-12-16-20-24-28-33-38-45(48)54-43(40-53-55(49,50)51)39-52-44(47)37-32-27-23-19-15-11-9-7-6-8-10-13-17-21-25-30-34-41(2)3/h12,14,20,22,24,26,31,36,41-43,46H,4-11,13,15-19,21,23,25,27-30,32-35,37-40H2,1-3H3,(H2,49,50,51)/b14-12-,24-20-,26-22-,36-31+/t42-,43+/m0/s1. The van der Waals surface area contributed by atoms with Crippen molar-refractivity contribution in [1.29, 1.82) is 0 Å². The van der Waals surface area contributed by atoms with Crippen molar-refractivity contribution < 1.29 is 43.0 Å². The van der Waals surface area contributed by atoms with E-state index in [0.29, 0.717) is 19.3 Å². The highest BCUT2D eigenvalue weighted by Crippen LogP contribution is 2.36. The maximum atomic E-state index is 12.4. The summed E-state index contributed by atoms with van der Waals surface area (Å²) in [7, 11) is -4.78. The van der Waals surface area contributed by atoms with Crippen LogP contribution in [0.1, 0.15) is 194 Å². The van der Waals surface area contributed by atoms with Crippen molar-refractivity contribution in [3.05, 3.63) is 48.6 Å². The number of hydrogen-bond acceptors (Lipinski definition) is 7. The Hall–Kier alpha value is -2.03. The number of carbonyl (C=O) groups is 2. The number of unbranched alkanes of at least 4 members (excludes halogenated alkanes) is 18. The van der Waals surface area contributed by atoms with Gasteiger partial charge >= 0.3 is 19.8 Å². The molecule has 320 valence electrons. The number of rotatable bonds is 39. The van der Waals surface area contributed by atoms with E-state index in [1.807, 2.05) is 36.5 Å². The van der Waals surface area contributed by atoms with Gasteiger partial charge in [0.1, 0.15) is 6.61 Å². The van der Waals surface area contributed by atoms with Crippen molar-refractivity contribution in [3.63, 3.8) is 0 Å². The van der Waals surface area contributed by atoms with Crippen LogP contribution in [0.15, 0.2) is 48.6 Å². The number of aliphatic hydroxyl groups is 1. The van der Waals surface area contributed by atoms with E-state index in [9.17, 15) is 19.3 Å². The van der Waals surface area contributed by atoms with E-state index in [1.54, 1.807) is 0 Å². The largest absolute Gasteiger partial charge is 0.469 e. The monoisotopic (exact) mass is 797 g/mol. The van der Waals surface area contributed by atoms with Gasteiger partial charge < -0.3 is 24.4 Å². The lowest BCUT2D eigenvalue weighted by Crippen LogP contribution is -2.29. The fourth-order valence-electron chi connectivity index (χ4n) is 6.07. The topological polar surface area (TPSA) is 140 Å². The number of ether oxygens (including phenoxy) is 2. The molecule has 0 radical (unpaired) electrons. The van der Waals surface area contributed by atoms with Crippen LogP contribution in [0.4, 0.5) is 0 Å². The molecule has 9 nitrogen and oxygen atoms in total. The van der Waals surface area contributed by atoms with Crippen LogP contribution in [0.25, 0.3) is 0 Å². The van der Waals surface area contributed by atoms with Gasteiger partial charge in [-0.2, -0.15) is 0 Å². The van der Waals surface area contributed by atoms with Gasteiger partial charge in [0.2, 0.25) is 0 Å². The molecule has 0 bridgehead atoms. The molecule has 10 heteroatoms. The second-order valence-corrected chi connectivity index (χ2v) is 16.6. The molecule has 0 heterocycles. The predicted octanol–water partition coefficient (Wildman–Crippen LogP) is 12.3. The van der Waals surface area contributed by atoms with Crippen LogP contribution in [-0.2, 0) is 28.2 Å². The molecular weight excluding hydrogens is 715 g/mol. The van der Waals surface area contributed by atoms with E-state index in [-0.39, 0.29) is 25.6 Å². The molecule has 55 heavy (non-hydrogen) atoms. The highest BCUT2D eigenvalue weighted by molar-refractivity contribution is 7.46. The minimum absolute atomic E-state index is 0.116. The van der Waals surface area contributed by atoms with Crippen LogP contribution < -0.4 is 0 Å². The van der Waals surface area contributed by atoms with E-state index in [0.717, 1.165) is 57.3 Å². The fourth-order valence-corrected chi connectivity index (χ4v) is 6.43. The van der Waals surface area contributed by atoms with Gasteiger partial charge in [0, 0.05) is 12.8 Å². The minimum Gasteiger partial charge on any atom is -0.462 e. The Kier molecular flexibility index (Phi) is 37.4. The van der Waals surface area contributed by atoms with Gasteiger partial charge in [-0.05, 0) is 44.4 Å². The lowest BCUT2D eigenvalue weighted by molar-refractivity contribution is -0.161. The Labute approximate surface area is 336 Å². The van der Waals surface area contributed by atoms with Crippen molar-refractivity contribution in [3.8, 4) is 0 Å². The number of allylic oxidation sites excluding steroid dienone is 7. The van der Waals surface area contributed by atoms with E-state index in [4.69, 9.17) is 19.3 Å². The van der Waals surface area contributed by atoms with Crippen LogP contribution in [0.3, 0.4) is 0 Å². The Morgan fingerprint density at radius 1 is 0.600 bits per heavy atom. The van der Waals surface area contributed by atoms with Gasteiger partial charge in [0.05, 0.1) is 12.7 Å². The van der Waals surface area contributed by atoms with E-state index in [1.165, 1.54) is 89.9 Å². The van der Waals surface area contributed by atoms with Crippen molar-refractivity contribution in [1.82, 2.24) is 0 Å². The van der Waals surface area contributed by atoms with Crippen LogP contribution in [0.5, 0.6) is 0 Å². The molecule has 2 atom stereocenters. The predicted molar refractivity (Wildman–Crippen MR) is 227 cm³/mol. The Balaban J connectivity index is 4.01. The quantitative estimate of drug-likeness (QED) is 0.0182. The number of aliphatic hydroxyl groups excluding tert-OH is 1. The molecule has 0 aliphatic heterocycles. The van der Waals surface area contributed by atoms with Crippen molar-refractivity contribution >= 4 is 19.8 Å². The zero-order chi connectivity index (χ0) is 40.7. The SMILES string of the molecule is CCCCC[C@H](O)/C=C/C=C\C/C=C\C/C=C\CCCC(=O)O[C@H](COC(=O)CCCCCCCCCCCCCCCCCCC(C)C)COP(=O)(O)O. The summed E-state index contributed by atoms with van der Waals surface area (Å²) < 4.78 is 26.3. The highest BCUT2D eigenvalue weighted by atomic mass is 31.2. The summed E-state index contributed by atoms with van der Waals surface area (Å²) in [4.78, 5) is 42.9. The molecule has 0 fully saturated rings. The molecule has 3 N–H and O–H groups in total. The Bertz CT molecular complexity index is 1060. The number of esters is 2. The molecule has 0 rings (SSSR count). The number of hydrogen-bond donors (Lipinski definition) is 3. The minimum atomic E-state index is -4.78. The van der Waals surface area contributed by atoms with Gasteiger partial charge in [-0.15, -0.1) is 0 Å². The van der Waals surface area contributed by atoms with Crippen molar-refractivity contribution in [2.24, 2.45) is 5.92 Å². The normalized spacial score (nSPS) is 13.6. The first-order chi connectivity index (χ1) is 26.5. The van der Waals surface area contributed by atoms with Crippen molar-refractivity contribution in [2.75, 3.05) is 13.2 Å². The lowest BCUT2D eigenvalue weighted by Gasteiger charge is -2.18. The van der Waals surface area contributed by atoms with Gasteiger partial charge in [0.25, 0.3) is 0 Å². The van der Waals surface area contributed by atoms with Gasteiger partial charge in [0.15, 0.2) is 6.10 Å².